The fourth-order valence-corrected chi connectivity index (χ4v) is 0. The molecule has 0 amide bonds. The maximum atomic E-state index is 4.27. The third-order valence-corrected chi connectivity index (χ3v) is 0. The van der Waals surface area contributed by atoms with E-state index in [1.165, 1.54) is 0 Å². The Balaban J connectivity index is -0.0000000450. The summed E-state index contributed by atoms with van der Waals surface area (Å²) >= 11 is 11.4. The summed E-state index contributed by atoms with van der Waals surface area (Å²) < 4.78 is 0.389. The molecule has 5 heteroatoms. The van der Waals surface area contributed by atoms with Gasteiger partial charge in [-0.3, -0.25) is 0 Å². The first-order valence-electron chi connectivity index (χ1n) is 0.651. The van der Waals surface area contributed by atoms with Gasteiger partial charge in [0.2, 0.25) is 0 Å². The average molecular weight is 156 g/mol. The number of thiol groups is 2. The van der Waals surface area contributed by atoms with Crippen molar-refractivity contribution < 1.29 is 0 Å². The second-order valence-corrected chi connectivity index (χ2v) is 2.54. The first kappa shape index (κ1) is 15.9. The van der Waals surface area contributed by atoms with Crippen LogP contribution in [0.3, 0.4) is 0 Å². The molecule has 0 N–H and O–H groups in total. The van der Waals surface area contributed by atoms with Crippen molar-refractivity contribution in [2.24, 2.45) is 0 Å². The van der Waals surface area contributed by atoms with Crippen molar-refractivity contribution in [2.45, 2.75) is 0 Å². The van der Waals surface area contributed by atoms with E-state index in [1.54, 1.807) is 0 Å². The molecular weight excluding hydrogens is 154 g/mol. The summed E-state index contributed by atoms with van der Waals surface area (Å²) in [5.74, 6) is 0. The van der Waals surface area contributed by atoms with Crippen molar-refractivity contribution in [3.63, 3.8) is 0 Å². The molecule has 0 atom stereocenters. The third kappa shape index (κ3) is 29.2. The summed E-state index contributed by atoms with van der Waals surface area (Å²) in [6.07, 6.45) is 0. The smallest absolute Gasteiger partial charge is 0.0976 e. The molecule has 6 heavy (non-hydrogen) atoms. The molecule has 0 heterocycles. The quantitative estimate of drug-likeness (QED) is 0.290. The Morgan fingerprint density at radius 2 is 1.17 bits per heavy atom. The fraction of sp³-hybridized carbons (Fsp3) is 0. The zero-order valence-electron chi connectivity index (χ0n) is 3.80. The normalized spacial score (nSPS) is 4.33. The minimum atomic E-state index is 0. The van der Waals surface area contributed by atoms with Gasteiger partial charge in [-0.15, -0.1) is 25.3 Å². The third-order valence-electron chi connectivity index (χ3n) is 0. The van der Waals surface area contributed by atoms with Gasteiger partial charge in [0.15, 0.2) is 0 Å². The molecule has 0 aliphatic carbocycles. The Morgan fingerprint density at radius 1 is 1.17 bits per heavy atom. The number of hydrogen-bond acceptors (Lipinski definition) is 1. The molecule has 0 fully saturated rings. The van der Waals surface area contributed by atoms with Gasteiger partial charge in [0, 0.05) is 59.1 Å². The van der Waals surface area contributed by atoms with Crippen LogP contribution in [0.4, 0.5) is 0 Å². The first-order chi connectivity index (χ1) is 1.73. The van der Waals surface area contributed by atoms with Gasteiger partial charge in [0.25, 0.3) is 0 Å². The van der Waals surface area contributed by atoms with E-state index >= 15 is 0 Å². The van der Waals surface area contributed by atoms with E-state index in [0.29, 0.717) is 3.53 Å². The Kier molecular flexibility index (Phi) is 28.4. The van der Waals surface area contributed by atoms with E-state index in [0.717, 1.165) is 0 Å². The second-order valence-electron chi connectivity index (χ2n) is 0.283. The van der Waals surface area contributed by atoms with Crippen LogP contribution >= 0.6 is 37.5 Å². The van der Waals surface area contributed by atoms with Crippen LogP contribution in [-0.2, 0) is 0 Å². The molecule has 0 aromatic heterocycles. The molecule has 2 radical (unpaired) electrons. The minimum Gasteiger partial charge on any atom is -0.125 e. The molecule has 0 aliphatic rings. The maximum absolute atomic E-state index is 4.27. The predicted molar refractivity (Wildman–Crippen MR) is 42.1 cm³/mol. The van der Waals surface area contributed by atoms with Crippen molar-refractivity contribution in [1.82, 2.24) is 0 Å². The Bertz CT molecular complexity index is 31.8. The predicted octanol–water partition coefficient (Wildman–Crippen LogP) is 0.369. The van der Waals surface area contributed by atoms with Gasteiger partial charge >= 0.3 is 0 Å². The molecule has 0 aromatic carbocycles. The summed E-state index contributed by atoms with van der Waals surface area (Å²) in [5, 5.41) is 0. The van der Waals surface area contributed by atoms with E-state index in [2.05, 4.69) is 37.5 Å². The standard InChI is InChI=1S/CH2S3.2Na/c2-1(3)4;;/h(H2,2,3,4);;. The van der Waals surface area contributed by atoms with E-state index in [4.69, 9.17) is 0 Å². The molecule has 26 valence electrons. The number of rotatable bonds is 0. The molecule has 0 nitrogen and oxygen atoms in total. The van der Waals surface area contributed by atoms with E-state index in [9.17, 15) is 0 Å². The van der Waals surface area contributed by atoms with Gasteiger partial charge in [-0.25, -0.2) is 0 Å². The van der Waals surface area contributed by atoms with Crippen LogP contribution in [0, 0.1) is 0 Å². The fourth-order valence-electron chi connectivity index (χ4n) is 0. The summed E-state index contributed by atoms with van der Waals surface area (Å²) in [5.41, 5.74) is 0. The van der Waals surface area contributed by atoms with Gasteiger partial charge in [0.1, 0.15) is 0 Å². The topological polar surface area (TPSA) is 0 Å². The van der Waals surface area contributed by atoms with Gasteiger partial charge in [-0.2, -0.15) is 0 Å². The summed E-state index contributed by atoms with van der Waals surface area (Å²) in [7, 11) is 0. The first-order valence-corrected chi connectivity index (χ1v) is 1.95. The minimum absolute atomic E-state index is 0. The van der Waals surface area contributed by atoms with Crippen LogP contribution in [0.1, 0.15) is 0 Å². The van der Waals surface area contributed by atoms with Gasteiger partial charge < -0.3 is 0 Å². The van der Waals surface area contributed by atoms with Crippen LogP contribution in [-0.4, -0.2) is 62.6 Å². The molecule has 0 bridgehead atoms. The van der Waals surface area contributed by atoms with Crippen LogP contribution in [0.5, 0.6) is 0 Å². The Hall–Kier alpha value is 2.79. The number of thiocarbonyl (C=S) groups is 1. The van der Waals surface area contributed by atoms with Crippen LogP contribution < -0.4 is 0 Å². The monoisotopic (exact) mass is 156 g/mol. The van der Waals surface area contributed by atoms with Gasteiger partial charge in [0.05, 0.1) is 3.53 Å². The molecular formula is CH2Na2S3. The average Bonchev–Trinajstić information content (AvgIpc) is 0.811. The van der Waals surface area contributed by atoms with Gasteiger partial charge in [-0.1, -0.05) is 12.2 Å². The SMILES string of the molecule is S=C(S)S.[Na].[Na]. The zero-order chi connectivity index (χ0) is 3.58. The van der Waals surface area contributed by atoms with E-state index < -0.39 is 0 Å². The maximum Gasteiger partial charge on any atom is 0.0976 e. The second kappa shape index (κ2) is 10.7. The van der Waals surface area contributed by atoms with Crippen molar-refractivity contribution in [3.8, 4) is 0 Å². The molecule has 0 saturated heterocycles. The van der Waals surface area contributed by atoms with Crippen LogP contribution in [0.25, 0.3) is 0 Å². The molecule has 0 aromatic rings. The summed E-state index contributed by atoms with van der Waals surface area (Å²) in [4.78, 5) is 0. The zero-order valence-corrected chi connectivity index (χ0v) is 10.4. The molecule has 0 unspecified atom stereocenters. The van der Waals surface area contributed by atoms with Crippen LogP contribution in [0.15, 0.2) is 0 Å². The van der Waals surface area contributed by atoms with Crippen molar-refractivity contribution in [3.05, 3.63) is 0 Å². The largest absolute Gasteiger partial charge is 0.125 e. The van der Waals surface area contributed by atoms with Crippen molar-refractivity contribution in [1.29, 1.82) is 0 Å². The summed E-state index contributed by atoms with van der Waals surface area (Å²) in [6, 6.07) is 0. The Morgan fingerprint density at radius 3 is 1.17 bits per heavy atom. The molecule has 0 saturated carbocycles. The van der Waals surface area contributed by atoms with E-state index in [1.807, 2.05) is 0 Å². The van der Waals surface area contributed by atoms with E-state index in [-0.39, 0.29) is 59.1 Å². The van der Waals surface area contributed by atoms with Gasteiger partial charge in [-0.05, 0) is 0 Å². The molecule has 0 rings (SSSR count). The van der Waals surface area contributed by atoms with Crippen molar-refractivity contribution >= 4 is 100 Å². The van der Waals surface area contributed by atoms with Crippen LogP contribution in [0.2, 0.25) is 0 Å². The number of hydrogen-bond donors (Lipinski definition) is 2. The Labute approximate surface area is 98.2 Å². The molecule has 0 spiro atoms. The molecule has 0 aliphatic heterocycles. The summed E-state index contributed by atoms with van der Waals surface area (Å²) in [6.45, 7) is 0. The van der Waals surface area contributed by atoms with Crippen molar-refractivity contribution in [2.75, 3.05) is 0 Å².